The number of fused-ring (bicyclic) bond motifs is 1. The SMILES string of the molecule is COCCOCCOCCOCCNC(=O)CCCCNc1c2c3c4c(c(OC)c(=O)c5c(O)cc(OC)c(c6c(OC)cc(O)c(c1=O)c63)c54)CC(C)=C2. The lowest BCUT2D eigenvalue weighted by atomic mass is 9.83. The van der Waals surface area contributed by atoms with Crippen molar-refractivity contribution in [2.45, 2.75) is 32.6 Å². The lowest BCUT2D eigenvalue weighted by Gasteiger charge is -2.23. The van der Waals surface area contributed by atoms with Gasteiger partial charge in [0.1, 0.15) is 23.0 Å². The molecule has 4 N–H and O–H groups in total. The van der Waals surface area contributed by atoms with Crippen molar-refractivity contribution < 1.29 is 48.2 Å². The molecular formula is C41H48N2O12. The number of allylic oxidation sites excluding steroid dienone is 1. The van der Waals surface area contributed by atoms with Gasteiger partial charge in [-0.1, -0.05) is 11.6 Å². The van der Waals surface area contributed by atoms with Gasteiger partial charge in [-0.25, -0.2) is 0 Å². The Morgan fingerprint density at radius 3 is 1.85 bits per heavy atom. The lowest BCUT2D eigenvalue weighted by molar-refractivity contribution is -0.121. The van der Waals surface area contributed by atoms with Crippen molar-refractivity contribution in [3.05, 3.63) is 49.3 Å². The zero-order chi connectivity index (χ0) is 39.2. The predicted octanol–water partition coefficient (Wildman–Crippen LogP) is 4.69. The molecule has 0 heterocycles. The number of anilines is 1. The number of aromatic hydroxyl groups is 2. The maximum absolute atomic E-state index is 14.5. The monoisotopic (exact) mass is 760 g/mol. The number of carbonyl (C=O) groups excluding carboxylic acids is 1. The number of phenolic OH excluding ortho intramolecular Hbond substituents is 2. The minimum absolute atomic E-state index is 0.0565. The number of hydrogen-bond donors (Lipinski definition) is 4. The minimum Gasteiger partial charge on any atom is -0.507 e. The second-order valence-electron chi connectivity index (χ2n) is 13.4. The van der Waals surface area contributed by atoms with Crippen molar-refractivity contribution in [3.63, 3.8) is 0 Å². The van der Waals surface area contributed by atoms with E-state index in [0.717, 1.165) is 5.57 Å². The first-order valence-corrected chi connectivity index (χ1v) is 18.3. The van der Waals surface area contributed by atoms with Crippen LogP contribution < -0.4 is 35.7 Å². The number of nitrogens with one attached hydrogen (secondary N) is 2. The quantitative estimate of drug-likeness (QED) is 0.0460. The summed E-state index contributed by atoms with van der Waals surface area (Å²) in [4.78, 5) is 41.0. The molecule has 294 valence electrons. The third-order valence-corrected chi connectivity index (χ3v) is 9.91. The summed E-state index contributed by atoms with van der Waals surface area (Å²) in [6, 6.07) is 2.76. The molecule has 1 aliphatic carbocycles. The van der Waals surface area contributed by atoms with Crippen LogP contribution in [0.5, 0.6) is 28.7 Å². The first kappa shape index (κ1) is 39.5. The minimum atomic E-state index is -0.470. The Morgan fingerprint density at radius 2 is 1.25 bits per heavy atom. The maximum atomic E-state index is 14.5. The van der Waals surface area contributed by atoms with Gasteiger partial charge < -0.3 is 54.0 Å². The molecule has 0 fully saturated rings. The highest BCUT2D eigenvalue weighted by atomic mass is 16.6. The van der Waals surface area contributed by atoms with E-state index in [2.05, 4.69) is 10.6 Å². The largest absolute Gasteiger partial charge is 0.507 e. The molecule has 0 bridgehead atoms. The van der Waals surface area contributed by atoms with Crippen LogP contribution in [-0.2, 0) is 30.2 Å². The van der Waals surface area contributed by atoms with Crippen LogP contribution in [0.3, 0.4) is 0 Å². The second kappa shape index (κ2) is 17.5. The van der Waals surface area contributed by atoms with Crippen LogP contribution in [0.25, 0.3) is 49.2 Å². The number of methoxy groups -OCH3 is 4. The summed E-state index contributed by atoms with van der Waals surface area (Å²) >= 11 is 0. The van der Waals surface area contributed by atoms with Gasteiger partial charge in [0, 0.05) is 76.8 Å². The molecule has 5 aromatic rings. The maximum Gasteiger partial charge on any atom is 0.232 e. The van der Waals surface area contributed by atoms with Gasteiger partial charge in [-0.3, -0.25) is 14.4 Å². The standard InChI is InChI=1S/C41H48N2O12/c1-22-18-23-30-31-24(19-22)41(52-5)40(48)33-26(45)21-28(51-4)35(37(31)33)34-27(50-3)20-25(44)32(36(30)34)39(47)38(23)43-9-7-6-8-29(46)42-10-11-53-14-15-55-17-16-54-13-12-49-2/h18,20-21,43-45H,6-17,19H2,1-5H3,(H,42,46). The third kappa shape index (κ3) is 7.59. The second-order valence-corrected chi connectivity index (χ2v) is 13.4. The number of benzene rings is 5. The molecule has 0 saturated carbocycles. The Bertz CT molecular complexity index is 2340. The fourth-order valence-electron chi connectivity index (χ4n) is 7.56. The van der Waals surface area contributed by atoms with Crippen LogP contribution >= 0.6 is 0 Å². The third-order valence-electron chi connectivity index (χ3n) is 9.91. The number of phenols is 2. The molecular weight excluding hydrogens is 712 g/mol. The van der Waals surface area contributed by atoms with E-state index in [1.54, 1.807) is 7.11 Å². The van der Waals surface area contributed by atoms with Gasteiger partial charge in [0.05, 0.1) is 84.0 Å². The van der Waals surface area contributed by atoms with Gasteiger partial charge in [-0.2, -0.15) is 0 Å². The molecule has 0 atom stereocenters. The number of ether oxygens (including phenoxy) is 7. The van der Waals surface area contributed by atoms with Gasteiger partial charge in [-0.05, 0) is 31.6 Å². The Balaban J connectivity index is 1.24. The summed E-state index contributed by atoms with van der Waals surface area (Å²) in [5, 5.41) is 32.1. The fourth-order valence-corrected chi connectivity index (χ4v) is 7.56. The van der Waals surface area contributed by atoms with Crippen LogP contribution in [0.1, 0.15) is 37.3 Å². The molecule has 0 saturated heterocycles. The summed E-state index contributed by atoms with van der Waals surface area (Å²) in [7, 11) is 5.96. The van der Waals surface area contributed by atoms with E-state index in [1.807, 2.05) is 13.0 Å². The molecule has 14 heteroatoms. The van der Waals surface area contributed by atoms with E-state index in [9.17, 15) is 24.6 Å². The van der Waals surface area contributed by atoms with Gasteiger partial charge in [0.2, 0.25) is 16.8 Å². The van der Waals surface area contributed by atoms with Crippen molar-refractivity contribution in [3.8, 4) is 28.7 Å². The van der Waals surface area contributed by atoms with E-state index in [-0.39, 0.29) is 51.1 Å². The molecule has 0 aliphatic heterocycles. The molecule has 1 amide bonds. The first-order chi connectivity index (χ1) is 26.7. The van der Waals surface area contributed by atoms with Gasteiger partial charge >= 0.3 is 0 Å². The van der Waals surface area contributed by atoms with E-state index in [1.165, 1.54) is 33.5 Å². The molecule has 5 aromatic carbocycles. The fraction of sp³-hybridized carbons (Fsp3) is 0.439. The predicted molar refractivity (Wildman–Crippen MR) is 211 cm³/mol. The molecule has 55 heavy (non-hydrogen) atoms. The molecule has 14 nitrogen and oxygen atoms in total. The molecule has 0 spiro atoms. The number of amides is 1. The van der Waals surface area contributed by atoms with Gasteiger partial charge in [0.25, 0.3) is 0 Å². The van der Waals surface area contributed by atoms with E-state index >= 15 is 0 Å². The molecule has 1 aliphatic rings. The molecule has 0 radical (unpaired) electrons. The van der Waals surface area contributed by atoms with Crippen LogP contribution in [0, 0.1) is 0 Å². The molecule has 0 aromatic heterocycles. The highest BCUT2D eigenvalue weighted by Crippen LogP contribution is 2.54. The van der Waals surface area contributed by atoms with E-state index in [0.29, 0.717) is 128 Å². The normalized spacial score (nSPS) is 12.6. The van der Waals surface area contributed by atoms with Crippen LogP contribution in [0.15, 0.2) is 27.3 Å². The zero-order valence-corrected chi connectivity index (χ0v) is 31.9. The topological polar surface area (TPSA) is 180 Å². The highest BCUT2D eigenvalue weighted by molar-refractivity contribution is 6.39. The first-order valence-electron chi connectivity index (χ1n) is 18.3. The Kier molecular flexibility index (Phi) is 12.6. The van der Waals surface area contributed by atoms with Crippen LogP contribution in [-0.4, -0.2) is 104 Å². The van der Waals surface area contributed by atoms with E-state index in [4.69, 9.17) is 33.2 Å². The van der Waals surface area contributed by atoms with E-state index < -0.39 is 10.9 Å². The lowest BCUT2D eigenvalue weighted by Crippen LogP contribution is -2.27. The number of unbranched alkanes of at least 4 members (excludes halogenated alkanes) is 1. The van der Waals surface area contributed by atoms with Crippen molar-refractivity contribution in [1.82, 2.24) is 5.32 Å². The number of hydrogen-bond acceptors (Lipinski definition) is 13. The summed E-state index contributed by atoms with van der Waals surface area (Å²) in [6.45, 7) is 5.90. The summed E-state index contributed by atoms with van der Waals surface area (Å²) in [5.74, 6) is -0.00403. The average Bonchev–Trinajstić information content (AvgIpc) is 3.32. The Morgan fingerprint density at radius 1 is 0.673 bits per heavy atom. The van der Waals surface area contributed by atoms with Crippen molar-refractivity contribution in [2.75, 3.05) is 93.1 Å². The highest BCUT2D eigenvalue weighted by Gasteiger charge is 2.32. The van der Waals surface area contributed by atoms with Crippen molar-refractivity contribution in [2.24, 2.45) is 0 Å². The Hall–Kier alpha value is -5.15. The van der Waals surface area contributed by atoms with Gasteiger partial charge in [0.15, 0.2) is 5.75 Å². The van der Waals surface area contributed by atoms with Crippen molar-refractivity contribution in [1.29, 1.82) is 0 Å². The number of rotatable bonds is 21. The average molecular weight is 761 g/mol. The smallest absolute Gasteiger partial charge is 0.232 e. The number of carbonyl (C=O) groups is 1. The van der Waals surface area contributed by atoms with Crippen molar-refractivity contribution >= 4 is 60.8 Å². The summed E-state index contributed by atoms with van der Waals surface area (Å²) in [5.41, 5.74) is 1.44. The molecule has 0 unspecified atom stereocenters. The Labute approximate surface area is 317 Å². The van der Waals surface area contributed by atoms with Gasteiger partial charge in [-0.15, -0.1) is 0 Å². The van der Waals surface area contributed by atoms with Crippen LogP contribution in [0.2, 0.25) is 0 Å². The summed E-state index contributed by atoms with van der Waals surface area (Å²) < 4.78 is 38.5. The molecule has 6 rings (SSSR count). The summed E-state index contributed by atoms with van der Waals surface area (Å²) in [6.07, 6.45) is 3.68. The van der Waals surface area contributed by atoms with Crippen LogP contribution in [0.4, 0.5) is 5.69 Å². The zero-order valence-electron chi connectivity index (χ0n) is 31.9.